The molecule has 1 unspecified atom stereocenters. The highest BCUT2D eigenvalue weighted by atomic mass is 16.6. The van der Waals surface area contributed by atoms with Gasteiger partial charge in [0.1, 0.15) is 0 Å². The molecule has 1 aliphatic rings. The fourth-order valence-corrected chi connectivity index (χ4v) is 2.92. The topological polar surface area (TPSA) is 24.5 Å². The fraction of sp³-hybridized carbons (Fsp3) is 0.647. The van der Waals surface area contributed by atoms with Crippen molar-refractivity contribution >= 4 is 0 Å². The van der Waals surface area contributed by atoms with Gasteiger partial charge in [0.2, 0.25) is 0 Å². The zero-order valence-electron chi connectivity index (χ0n) is 12.8. The Morgan fingerprint density at radius 2 is 1.95 bits per heavy atom. The van der Waals surface area contributed by atoms with Crippen LogP contribution in [0.4, 0.5) is 0 Å². The molecule has 3 heteroatoms. The first-order valence-corrected chi connectivity index (χ1v) is 7.93. The van der Waals surface area contributed by atoms with Gasteiger partial charge in [-0.1, -0.05) is 37.3 Å². The fourth-order valence-electron chi connectivity index (χ4n) is 2.92. The molecule has 2 rings (SSSR count). The van der Waals surface area contributed by atoms with E-state index in [2.05, 4.69) is 36.4 Å². The lowest BCUT2D eigenvalue weighted by Crippen LogP contribution is -2.42. The van der Waals surface area contributed by atoms with Crippen LogP contribution >= 0.6 is 0 Å². The van der Waals surface area contributed by atoms with Crippen molar-refractivity contribution in [3.8, 4) is 0 Å². The Morgan fingerprint density at radius 1 is 1.25 bits per heavy atom. The summed E-state index contributed by atoms with van der Waals surface area (Å²) in [5.74, 6) is 0.735. The van der Waals surface area contributed by atoms with Gasteiger partial charge < -0.3 is 4.90 Å². The van der Waals surface area contributed by atoms with E-state index >= 15 is 0 Å². The average molecular weight is 276 g/mol. The van der Waals surface area contributed by atoms with Crippen LogP contribution < -0.4 is 5.48 Å². The van der Waals surface area contributed by atoms with Gasteiger partial charge in [-0.05, 0) is 57.3 Å². The Morgan fingerprint density at radius 3 is 2.60 bits per heavy atom. The number of piperidine rings is 1. The number of nitrogens with zero attached hydrogens (tertiary/aromatic N) is 1. The van der Waals surface area contributed by atoms with Gasteiger partial charge in [-0.25, -0.2) is 0 Å². The third-order valence-electron chi connectivity index (χ3n) is 4.23. The highest BCUT2D eigenvalue weighted by Gasteiger charge is 2.23. The number of rotatable bonds is 7. The van der Waals surface area contributed by atoms with Crippen molar-refractivity contribution in [2.75, 3.05) is 19.6 Å². The number of hydrogen-bond acceptors (Lipinski definition) is 3. The molecule has 20 heavy (non-hydrogen) atoms. The van der Waals surface area contributed by atoms with Gasteiger partial charge in [0.05, 0.1) is 6.61 Å². The standard InChI is InChI=1S/C17H28N2O/c1-3-11-19-12-9-17(10-13-19)15(2)18-20-14-16-7-5-4-6-8-16/h4-8,15,17-18H,3,9-14H2,1-2H3. The van der Waals surface area contributed by atoms with E-state index < -0.39 is 0 Å². The Bertz CT molecular complexity index is 361. The highest BCUT2D eigenvalue weighted by molar-refractivity contribution is 5.13. The van der Waals surface area contributed by atoms with E-state index in [1.807, 2.05) is 18.2 Å². The number of nitrogens with one attached hydrogen (secondary N) is 1. The molecule has 1 aromatic carbocycles. The quantitative estimate of drug-likeness (QED) is 0.774. The normalized spacial score (nSPS) is 19.1. The summed E-state index contributed by atoms with van der Waals surface area (Å²) in [4.78, 5) is 8.22. The first kappa shape index (κ1) is 15.5. The van der Waals surface area contributed by atoms with Crippen LogP contribution in [0, 0.1) is 5.92 Å². The van der Waals surface area contributed by atoms with Crippen LogP contribution in [0.1, 0.15) is 38.7 Å². The Hall–Kier alpha value is -0.900. The molecule has 1 atom stereocenters. The molecule has 0 aliphatic carbocycles. The zero-order chi connectivity index (χ0) is 14.2. The number of likely N-dealkylation sites (tertiary alicyclic amines) is 1. The van der Waals surface area contributed by atoms with Crippen LogP contribution in [0.2, 0.25) is 0 Å². The smallest absolute Gasteiger partial charge is 0.0933 e. The van der Waals surface area contributed by atoms with Crippen molar-refractivity contribution in [2.45, 2.75) is 45.8 Å². The summed E-state index contributed by atoms with van der Waals surface area (Å²) >= 11 is 0. The van der Waals surface area contributed by atoms with Gasteiger partial charge in [-0.15, -0.1) is 0 Å². The van der Waals surface area contributed by atoms with Crippen molar-refractivity contribution in [3.63, 3.8) is 0 Å². The van der Waals surface area contributed by atoms with Gasteiger partial charge in [0.15, 0.2) is 0 Å². The summed E-state index contributed by atoms with van der Waals surface area (Å²) in [5.41, 5.74) is 4.44. The molecular formula is C17H28N2O. The van der Waals surface area contributed by atoms with E-state index in [-0.39, 0.29) is 0 Å². The summed E-state index contributed by atoms with van der Waals surface area (Å²) in [6.45, 7) is 8.87. The van der Waals surface area contributed by atoms with Crippen LogP contribution in [0.25, 0.3) is 0 Å². The molecule has 1 aliphatic heterocycles. The van der Waals surface area contributed by atoms with Crippen LogP contribution in [0.3, 0.4) is 0 Å². The molecule has 1 aromatic rings. The number of hydrogen-bond donors (Lipinski definition) is 1. The molecule has 1 saturated heterocycles. The maximum atomic E-state index is 5.65. The van der Waals surface area contributed by atoms with Gasteiger partial charge in [0, 0.05) is 6.04 Å². The molecule has 0 radical (unpaired) electrons. The Labute approximate surface area is 123 Å². The van der Waals surface area contributed by atoms with Gasteiger partial charge in [-0.2, -0.15) is 5.48 Å². The lowest BCUT2D eigenvalue weighted by atomic mass is 9.91. The zero-order valence-corrected chi connectivity index (χ0v) is 12.8. The summed E-state index contributed by atoms with van der Waals surface area (Å²) in [6.07, 6.45) is 3.82. The summed E-state index contributed by atoms with van der Waals surface area (Å²) < 4.78 is 0. The second-order valence-electron chi connectivity index (χ2n) is 5.86. The maximum Gasteiger partial charge on any atom is 0.0933 e. The van der Waals surface area contributed by atoms with Crippen molar-refractivity contribution in [1.29, 1.82) is 0 Å². The molecule has 0 aromatic heterocycles. The molecule has 1 heterocycles. The lowest BCUT2D eigenvalue weighted by molar-refractivity contribution is -0.0139. The Balaban J connectivity index is 1.64. The maximum absolute atomic E-state index is 5.65. The third-order valence-corrected chi connectivity index (χ3v) is 4.23. The van der Waals surface area contributed by atoms with Crippen LogP contribution in [0.5, 0.6) is 0 Å². The second kappa shape index (κ2) is 8.40. The average Bonchev–Trinajstić information content (AvgIpc) is 2.49. The molecule has 112 valence electrons. The molecule has 1 fully saturated rings. The van der Waals surface area contributed by atoms with Crippen molar-refractivity contribution in [3.05, 3.63) is 35.9 Å². The van der Waals surface area contributed by atoms with Crippen molar-refractivity contribution in [2.24, 2.45) is 5.92 Å². The predicted octanol–water partition coefficient (Wildman–Crippen LogP) is 3.22. The predicted molar refractivity (Wildman–Crippen MR) is 83.3 cm³/mol. The Kier molecular flexibility index (Phi) is 6.51. The van der Waals surface area contributed by atoms with Crippen molar-refractivity contribution in [1.82, 2.24) is 10.4 Å². The summed E-state index contributed by atoms with van der Waals surface area (Å²) in [7, 11) is 0. The monoisotopic (exact) mass is 276 g/mol. The molecular weight excluding hydrogens is 248 g/mol. The van der Waals surface area contributed by atoms with Crippen molar-refractivity contribution < 1.29 is 4.84 Å². The minimum atomic E-state index is 0.433. The first-order chi connectivity index (χ1) is 9.79. The van der Waals surface area contributed by atoms with Crippen LogP contribution in [0.15, 0.2) is 30.3 Å². The van der Waals surface area contributed by atoms with E-state index in [9.17, 15) is 0 Å². The van der Waals surface area contributed by atoms with Gasteiger partial charge >= 0.3 is 0 Å². The highest BCUT2D eigenvalue weighted by Crippen LogP contribution is 2.20. The van der Waals surface area contributed by atoms with Crippen LogP contribution in [-0.2, 0) is 11.4 Å². The minimum Gasteiger partial charge on any atom is -0.303 e. The molecule has 3 nitrogen and oxygen atoms in total. The lowest BCUT2D eigenvalue weighted by Gasteiger charge is -2.34. The van der Waals surface area contributed by atoms with Gasteiger partial charge in [0.25, 0.3) is 0 Å². The summed E-state index contributed by atoms with van der Waals surface area (Å²) in [5, 5.41) is 0. The SMILES string of the molecule is CCCN1CCC(C(C)NOCc2ccccc2)CC1. The molecule has 0 amide bonds. The largest absolute Gasteiger partial charge is 0.303 e. The first-order valence-electron chi connectivity index (χ1n) is 7.93. The van der Waals surface area contributed by atoms with E-state index in [4.69, 9.17) is 4.84 Å². The van der Waals surface area contributed by atoms with Gasteiger partial charge in [-0.3, -0.25) is 4.84 Å². The molecule has 0 saturated carbocycles. The van der Waals surface area contributed by atoms with E-state index in [0.717, 1.165) is 5.92 Å². The van der Waals surface area contributed by atoms with E-state index in [1.54, 1.807) is 0 Å². The van der Waals surface area contributed by atoms with E-state index in [1.165, 1.54) is 44.5 Å². The number of hydroxylamine groups is 1. The minimum absolute atomic E-state index is 0.433. The molecule has 1 N–H and O–H groups in total. The second-order valence-corrected chi connectivity index (χ2v) is 5.86. The molecule has 0 bridgehead atoms. The number of benzene rings is 1. The van der Waals surface area contributed by atoms with E-state index in [0.29, 0.717) is 12.6 Å². The molecule has 0 spiro atoms. The third kappa shape index (κ3) is 4.89. The summed E-state index contributed by atoms with van der Waals surface area (Å²) in [6, 6.07) is 10.7. The van der Waals surface area contributed by atoms with Crippen LogP contribution in [-0.4, -0.2) is 30.6 Å².